The zero-order valence-corrected chi connectivity index (χ0v) is 14.3. The standard InChI is InChI=1S/C12H18ClN3O3S2/c1-8(2)11(17)16-5-3-9(4-6-16)15-21(18,19)10-7-14-12(13)20-10/h7-9,15H,3-6H2,1-2H3. The Bertz CT molecular complexity index is 607. The van der Waals surface area contributed by atoms with Crippen molar-refractivity contribution in [2.45, 2.75) is 36.9 Å². The molecule has 0 spiro atoms. The molecular weight excluding hydrogens is 334 g/mol. The maximum atomic E-state index is 12.2. The van der Waals surface area contributed by atoms with E-state index in [9.17, 15) is 13.2 Å². The molecule has 118 valence electrons. The van der Waals surface area contributed by atoms with Crippen LogP contribution >= 0.6 is 22.9 Å². The first kappa shape index (κ1) is 16.7. The van der Waals surface area contributed by atoms with Gasteiger partial charge in [-0.25, -0.2) is 18.1 Å². The van der Waals surface area contributed by atoms with Gasteiger partial charge in [-0.1, -0.05) is 36.8 Å². The lowest BCUT2D eigenvalue weighted by atomic mass is 10.0. The van der Waals surface area contributed by atoms with Crippen LogP contribution in [0.5, 0.6) is 0 Å². The summed E-state index contributed by atoms with van der Waals surface area (Å²) in [4.78, 5) is 17.4. The van der Waals surface area contributed by atoms with Gasteiger partial charge in [0.2, 0.25) is 5.91 Å². The smallest absolute Gasteiger partial charge is 0.251 e. The number of thiazole rings is 1. The molecule has 1 aliphatic heterocycles. The van der Waals surface area contributed by atoms with Crippen molar-refractivity contribution in [2.75, 3.05) is 13.1 Å². The maximum absolute atomic E-state index is 12.2. The van der Waals surface area contributed by atoms with Gasteiger partial charge < -0.3 is 4.90 Å². The summed E-state index contributed by atoms with van der Waals surface area (Å²) in [6.07, 6.45) is 2.49. The predicted octanol–water partition coefficient (Wildman–Crippen LogP) is 1.72. The van der Waals surface area contributed by atoms with Gasteiger partial charge in [0.05, 0.1) is 6.20 Å². The van der Waals surface area contributed by atoms with Crippen LogP contribution in [0.15, 0.2) is 10.4 Å². The Morgan fingerprint density at radius 2 is 2.10 bits per heavy atom. The van der Waals surface area contributed by atoms with Crippen molar-refractivity contribution in [3.05, 3.63) is 10.7 Å². The molecule has 1 saturated heterocycles. The first-order valence-electron chi connectivity index (χ1n) is 6.72. The number of likely N-dealkylation sites (tertiary alicyclic amines) is 1. The quantitative estimate of drug-likeness (QED) is 0.895. The van der Waals surface area contributed by atoms with E-state index >= 15 is 0 Å². The fraction of sp³-hybridized carbons (Fsp3) is 0.667. The Labute approximate surface area is 133 Å². The highest BCUT2D eigenvalue weighted by Gasteiger charge is 2.28. The third-order valence-corrected chi connectivity index (χ3v) is 6.44. The number of sulfonamides is 1. The number of piperidine rings is 1. The molecule has 0 atom stereocenters. The highest BCUT2D eigenvalue weighted by molar-refractivity contribution is 7.91. The molecule has 9 heteroatoms. The fourth-order valence-corrected chi connectivity index (χ4v) is 4.84. The van der Waals surface area contributed by atoms with E-state index in [2.05, 4.69) is 9.71 Å². The first-order chi connectivity index (χ1) is 9.79. The summed E-state index contributed by atoms with van der Waals surface area (Å²) in [5.41, 5.74) is 0. The van der Waals surface area contributed by atoms with Crippen molar-refractivity contribution in [1.29, 1.82) is 0 Å². The van der Waals surface area contributed by atoms with Gasteiger partial charge in [0.25, 0.3) is 10.0 Å². The van der Waals surface area contributed by atoms with Crippen LogP contribution in [0.1, 0.15) is 26.7 Å². The Balaban J connectivity index is 1.93. The zero-order chi connectivity index (χ0) is 15.6. The summed E-state index contributed by atoms with van der Waals surface area (Å²) in [6.45, 7) is 4.89. The third-order valence-electron chi connectivity index (χ3n) is 3.34. The number of rotatable bonds is 4. The molecule has 1 fully saturated rings. The van der Waals surface area contributed by atoms with Crippen LogP contribution in [-0.2, 0) is 14.8 Å². The molecule has 0 radical (unpaired) electrons. The normalized spacial score (nSPS) is 17.4. The first-order valence-corrected chi connectivity index (χ1v) is 9.40. The van der Waals surface area contributed by atoms with Crippen molar-refractivity contribution in [3.8, 4) is 0 Å². The lowest BCUT2D eigenvalue weighted by molar-refractivity contribution is -0.135. The Morgan fingerprint density at radius 3 is 2.57 bits per heavy atom. The van der Waals surface area contributed by atoms with E-state index < -0.39 is 10.0 Å². The molecule has 0 aromatic carbocycles. The predicted molar refractivity (Wildman–Crippen MR) is 81.9 cm³/mol. The van der Waals surface area contributed by atoms with Gasteiger partial charge in [0.1, 0.15) is 0 Å². The van der Waals surface area contributed by atoms with Crippen LogP contribution in [-0.4, -0.2) is 43.3 Å². The van der Waals surface area contributed by atoms with Crippen LogP contribution in [0.2, 0.25) is 4.47 Å². The van der Waals surface area contributed by atoms with Crippen LogP contribution in [0.4, 0.5) is 0 Å². The van der Waals surface area contributed by atoms with Gasteiger partial charge in [-0.05, 0) is 12.8 Å². The topological polar surface area (TPSA) is 79.4 Å². The fourth-order valence-electron chi connectivity index (χ4n) is 2.22. The number of carbonyl (C=O) groups excluding carboxylic acids is 1. The SMILES string of the molecule is CC(C)C(=O)N1CCC(NS(=O)(=O)c2cnc(Cl)s2)CC1. The summed E-state index contributed by atoms with van der Waals surface area (Å²) in [5, 5.41) is 0. The number of carbonyl (C=O) groups is 1. The summed E-state index contributed by atoms with van der Waals surface area (Å²) < 4.78 is 27.3. The molecule has 1 aromatic rings. The van der Waals surface area contributed by atoms with E-state index in [1.165, 1.54) is 6.20 Å². The number of amides is 1. The van der Waals surface area contributed by atoms with Crippen LogP contribution < -0.4 is 4.72 Å². The number of hydrogen-bond donors (Lipinski definition) is 1. The zero-order valence-electron chi connectivity index (χ0n) is 11.9. The Kier molecular flexibility index (Phi) is 5.24. The largest absolute Gasteiger partial charge is 0.342 e. The molecule has 0 saturated carbocycles. The van der Waals surface area contributed by atoms with Gasteiger partial charge >= 0.3 is 0 Å². The average molecular weight is 352 g/mol. The molecule has 1 aliphatic rings. The van der Waals surface area contributed by atoms with Gasteiger partial charge in [0, 0.05) is 25.0 Å². The van der Waals surface area contributed by atoms with Gasteiger partial charge in [-0.3, -0.25) is 4.79 Å². The van der Waals surface area contributed by atoms with Crippen LogP contribution in [0.3, 0.4) is 0 Å². The van der Waals surface area contributed by atoms with Gasteiger partial charge in [-0.15, -0.1) is 0 Å². The van der Waals surface area contributed by atoms with Crippen molar-refractivity contribution in [1.82, 2.24) is 14.6 Å². The number of nitrogens with zero attached hydrogens (tertiary/aromatic N) is 2. The Hall–Kier alpha value is -0.700. The minimum Gasteiger partial charge on any atom is -0.342 e. The molecular formula is C12H18ClN3O3S2. The van der Waals surface area contributed by atoms with E-state index in [4.69, 9.17) is 11.6 Å². The second kappa shape index (κ2) is 6.60. The lowest BCUT2D eigenvalue weighted by Crippen LogP contribution is -2.47. The second-order valence-electron chi connectivity index (χ2n) is 5.31. The molecule has 21 heavy (non-hydrogen) atoms. The molecule has 0 unspecified atom stereocenters. The maximum Gasteiger partial charge on any atom is 0.251 e. The molecule has 1 amide bonds. The van der Waals surface area contributed by atoms with Crippen LogP contribution in [0.25, 0.3) is 0 Å². The number of nitrogens with one attached hydrogen (secondary N) is 1. The summed E-state index contributed by atoms with van der Waals surface area (Å²) in [5.74, 6) is 0.0862. The highest BCUT2D eigenvalue weighted by Crippen LogP contribution is 2.23. The lowest BCUT2D eigenvalue weighted by Gasteiger charge is -2.33. The highest BCUT2D eigenvalue weighted by atomic mass is 35.5. The van der Waals surface area contributed by atoms with E-state index in [1.807, 2.05) is 13.8 Å². The Morgan fingerprint density at radius 1 is 1.48 bits per heavy atom. The van der Waals surface area contributed by atoms with E-state index in [0.29, 0.717) is 25.9 Å². The van der Waals surface area contributed by atoms with E-state index in [1.54, 1.807) is 4.90 Å². The second-order valence-corrected chi connectivity index (χ2v) is 8.86. The molecule has 0 bridgehead atoms. The van der Waals surface area contributed by atoms with E-state index in [0.717, 1.165) is 11.3 Å². The van der Waals surface area contributed by atoms with E-state index in [-0.39, 0.29) is 26.5 Å². The number of aromatic nitrogens is 1. The summed E-state index contributed by atoms with van der Waals surface area (Å²) in [6, 6.07) is -0.160. The number of halogens is 1. The molecule has 2 rings (SSSR count). The summed E-state index contributed by atoms with van der Waals surface area (Å²) in [7, 11) is -3.58. The molecule has 1 aromatic heterocycles. The molecule has 2 heterocycles. The van der Waals surface area contributed by atoms with Crippen molar-refractivity contribution < 1.29 is 13.2 Å². The number of hydrogen-bond acceptors (Lipinski definition) is 5. The van der Waals surface area contributed by atoms with Crippen LogP contribution in [0, 0.1) is 5.92 Å². The third kappa shape index (κ3) is 4.15. The molecule has 0 aliphatic carbocycles. The van der Waals surface area contributed by atoms with Gasteiger partial charge in [-0.2, -0.15) is 0 Å². The minimum atomic E-state index is -3.58. The van der Waals surface area contributed by atoms with Crippen molar-refractivity contribution in [2.24, 2.45) is 5.92 Å². The monoisotopic (exact) mass is 351 g/mol. The summed E-state index contributed by atoms with van der Waals surface area (Å²) >= 11 is 6.60. The minimum absolute atomic E-state index is 0.0300. The van der Waals surface area contributed by atoms with Gasteiger partial charge in [0.15, 0.2) is 8.68 Å². The molecule has 6 nitrogen and oxygen atoms in total. The molecule has 1 N–H and O–H groups in total. The average Bonchev–Trinajstić information content (AvgIpc) is 2.86. The van der Waals surface area contributed by atoms with Crippen molar-refractivity contribution >= 4 is 38.9 Å². The van der Waals surface area contributed by atoms with Crippen molar-refractivity contribution in [3.63, 3.8) is 0 Å².